The maximum atomic E-state index is 12.6. The molecular weight excluding hydrogens is 456 g/mol. The number of pyridine rings is 1. The molecule has 3 aromatic rings. The normalized spacial score (nSPS) is 11.0. The Hall–Kier alpha value is -2.70. The van der Waals surface area contributed by atoms with Crippen LogP contribution in [0, 0.1) is 0 Å². The van der Waals surface area contributed by atoms with Gasteiger partial charge in [-0.25, -0.2) is 4.98 Å². The summed E-state index contributed by atoms with van der Waals surface area (Å²) in [6, 6.07) is 16.8. The van der Waals surface area contributed by atoms with Gasteiger partial charge in [-0.1, -0.05) is 11.6 Å². The molecule has 1 heterocycles. The molecule has 0 saturated carbocycles. The molecule has 0 spiro atoms. The molecule has 0 bridgehead atoms. The second kappa shape index (κ2) is 8.76. The Morgan fingerprint density at radius 2 is 1.59 bits per heavy atom. The van der Waals surface area contributed by atoms with E-state index in [4.69, 9.17) is 16.3 Å². The number of carbonyl (C=O) groups excluding carboxylic acids is 2. The van der Waals surface area contributed by atoms with Gasteiger partial charge < -0.3 is 10.1 Å². The van der Waals surface area contributed by atoms with Gasteiger partial charge in [-0.2, -0.15) is 0 Å². The molecule has 29 heavy (non-hydrogen) atoms. The molecule has 1 aromatic heterocycles. The SMILES string of the molecule is CC(C)(Oc1ccc(C(=O)c2ccc(Cl)cc2)cc1)C(=O)Nc1ccnc(Br)c1. The van der Waals surface area contributed by atoms with E-state index in [1.54, 1.807) is 80.7 Å². The summed E-state index contributed by atoms with van der Waals surface area (Å²) in [5, 5.41) is 3.37. The van der Waals surface area contributed by atoms with E-state index in [2.05, 4.69) is 26.2 Å². The number of halogens is 2. The lowest BCUT2D eigenvalue weighted by molar-refractivity contribution is -0.128. The molecule has 0 radical (unpaired) electrons. The van der Waals surface area contributed by atoms with E-state index in [0.717, 1.165) is 0 Å². The number of benzene rings is 2. The fourth-order valence-corrected chi connectivity index (χ4v) is 3.04. The minimum atomic E-state index is -1.13. The van der Waals surface area contributed by atoms with Gasteiger partial charge in [-0.05, 0) is 90.4 Å². The van der Waals surface area contributed by atoms with Crippen molar-refractivity contribution in [3.05, 3.63) is 87.6 Å². The summed E-state index contributed by atoms with van der Waals surface area (Å²) in [6.45, 7) is 3.34. The van der Waals surface area contributed by atoms with Crippen molar-refractivity contribution in [2.45, 2.75) is 19.4 Å². The number of nitrogens with one attached hydrogen (secondary N) is 1. The molecule has 0 aliphatic heterocycles. The number of anilines is 1. The average molecular weight is 474 g/mol. The first-order valence-corrected chi connectivity index (χ1v) is 9.94. The minimum Gasteiger partial charge on any atom is -0.478 e. The second-order valence-electron chi connectivity index (χ2n) is 6.79. The van der Waals surface area contributed by atoms with Crippen LogP contribution < -0.4 is 10.1 Å². The Bertz CT molecular complexity index is 1030. The van der Waals surface area contributed by atoms with Crippen molar-refractivity contribution in [3.63, 3.8) is 0 Å². The van der Waals surface area contributed by atoms with Crippen LogP contribution in [0.3, 0.4) is 0 Å². The van der Waals surface area contributed by atoms with Gasteiger partial charge in [0, 0.05) is 28.0 Å². The third-order valence-corrected chi connectivity index (χ3v) is 4.81. The smallest absolute Gasteiger partial charge is 0.267 e. The first-order chi connectivity index (χ1) is 13.7. The predicted octanol–water partition coefficient (Wildman–Crippen LogP) is 5.52. The zero-order chi connectivity index (χ0) is 21.0. The molecule has 1 N–H and O–H groups in total. The molecular formula is C22H18BrClN2O3. The van der Waals surface area contributed by atoms with Crippen LogP contribution in [0.1, 0.15) is 29.8 Å². The number of ketones is 1. The molecule has 0 unspecified atom stereocenters. The molecule has 5 nitrogen and oxygen atoms in total. The van der Waals surface area contributed by atoms with Gasteiger partial charge in [-0.3, -0.25) is 9.59 Å². The van der Waals surface area contributed by atoms with Crippen molar-refractivity contribution in [2.24, 2.45) is 0 Å². The Morgan fingerprint density at radius 1 is 1.00 bits per heavy atom. The van der Waals surface area contributed by atoms with E-state index >= 15 is 0 Å². The van der Waals surface area contributed by atoms with E-state index in [9.17, 15) is 9.59 Å². The molecule has 3 rings (SSSR count). The van der Waals surface area contributed by atoms with Crippen LogP contribution in [0.15, 0.2) is 71.5 Å². The molecule has 7 heteroatoms. The number of hydrogen-bond acceptors (Lipinski definition) is 4. The quantitative estimate of drug-likeness (QED) is 0.378. The Kier molecular flexibility index (Phi) is 6.35. The van der Waals surface area contributed by atoms with E-state index in [1.807, 2.05) is 0 Å². The van der Waals surface area contributed by atoms with Gasteiger partial charge in [0.1, 0.15) is 10.4 Å². The summed E-state index contributed by atoms with van der Waals surface area (Å²) in [6.07, 6.45) is 1.59. The number of ether oxygens (including phenoxy) is 1. The topological polar surface area (TPSA) is 68.3 Å². The zero-order valence-corrected chi connectivity index (χ0v) is 18.1. The summed E-state index contributed by atoms with van der Waals surface area (Å²) in [7, 11) is 0. The van der Waals surface area contributed by atoms with Crippen LogP contribution >= 0.6 is 27.5 Å². The van der Waals surface area contributed by atoms with Gasteiger partial charge in [0.15, 0.2) is 11.4 Å². The fourth-order valence-electron chi connectivity index (χ4n) is 2.55. The van der Waals surface area contributed by atoms with Crippen LogP contribution in [-0.2, 0) is 4.79 Å². The van der Waals surface area contributed by atoms with Gasteiger partial charge in [0.2, 0.25) is 0 Å². The first kappa shape index (κ1) is 21.0. The molecule has 0 saturated heterocycles. The molecule has 0 aliphatic carbocycles. The number of nitrogens with zero attached hydrogens (tertiary/aromatic N) is 1. The highest BCUT2D eigenvalue weighted by atomic mass is 79.9. The van der Waals surface area contributed by atoms with Gasteiger partial charge >= 0.3 is 0 Å². The maximum Gasteiger partial charge on any atom is 0.267 e. The van der Waals surface area contributed by atoms with Crippen LogP contribution in [0.25, 0.3) is 0 Å². The van der Waals surface area contributed by atoms with E-state index in [1.165, 1.54) is 0 Å². The Labute approximate surface area is 182 Å². The third kappa shape index (κ3) is 5.43. The summed E-state index contributed by atoms with van der Waals surface area (Å²) < 4.78 is 6.47. The van der Waals surface area contributed by atoms with Crippen LogP contribution in [0.4, 0.5) is 5.69 Å². The van der Waals surface area contributed by atoms with E-state index in [-0.39, 0.29) is 11.7 Å². The Morgan fingerprint density at radius 3 is 2.17 bits per heavy atom. The van der Waals surface area contributed by atoms with Crippen LogP contribution in [0.2, 0.25) is 5.02 Å². The van der Waals surface area contributed by atoms with Crippen LogP contribution in [0.5, 0.6) is 5.75 Å². The van der Waals surface area contributed by atoms with Gasteiger partial charge in [0.05, 0.1) is 0 Å². The fraction of sp³-hybridized carbons (Fsp3) is 0.136. The summed E-state index contributed by atoms with van der Waals surface area (Å²) in [5.41, 5.74) is 0.546. The highest BCUT2D eigenvalue weighted by Crippen LogP contribution is 2.23. The monoisotopic (exact) mass is 472 g/mol. The zero-order valence-electron chi connectivity index (χ0n) is 15.8. The maximum absolute atomic E-state index is 12.6. The molecule has 0 atom stereocenters. The highest BCUT2D eigenvalue weighted by molar-refractivity contribution is 9.10. The van der Waals surface area contributed by atoms with Crippen molar-refractivity contribution < 1.29 is 14.3 Å². The summed E-state index contributed by atoms with van der Waals surface area (Å²) in [4.78, 5) is 29.2. The van der Waals surface area contributed by atoms with Gasteiger partial charge in [0.25, 0.3) is 5.91 Å². The molecule has 148 valence electrons. The number of aromatic nitrogens is 1. The first-order valence-electron chi connectivity index (χ1n) is 8.77. The van der Waals surface area contributed by atoms with E-state index < -0.39 is 5.60 Å². The van der Waals surface area contributed by atoms with E-state index in [0.29, 0.717) is 32.2 Å². The summed E-state index contributed by atoms with van der Waals surface area (Å²) in [5.74, 6) is 0.0547. The van der Waals surface area contributed by atoms with Crippen molar-refractivity contribution in [1.82, 2.24) is 4.98 Å². The van der Waals surface area contributed by atoms with Crippen LogP contribution in [-0.4, -0.2) is 22.3 Å². The highest BCUT2D eigenvalue weighted by Gasteiger charge is 2.30. The Balaban J connectivity index is 1.68. The largest absolute Gasteiger partial charge is 0.478 e. The van der Waals surface area contributed by atoms with Crippen molar-refractivity contribution in [3.8, 4) is 5.75 Å². The van der Waals surface area contributed by atoms with Crippen molar-refractivity contribution >= 4 is 44.9 Å². The number of rotatable bonds is 6. The van der Waals surface area contributed by atoms with Gasteiger partial charge in [-0.15, -0.1) is 0 Å². The minimum absolute atomic E-state index is 0.117. The molecule has 1 amide bonds. The lowest BCUT2D eigenvalue weighted by Crippen LogP contribution is -2.42. The lowest BCUT2D eigenvalue weighted by Gasteiger charge is -2.25. The number of amides is 1. The predicted molar refractivity (Wildman–Crippen MR) is 117 cm³/mol. The molecule has 0 fully saturated rings. The average Bonchev–Trinajstić information content (AvgIpc) is 2.68. The number of hydrogen-bond donors (Lipinski definition) is 1. The van der Waals surface area contributed by atoms with Crippen molar-refractivity contribution in [2.75, 3.05) is 5.32 Å². The molecule has 0 aliphatic rings. The third-order valence-electron chi connectivity index (χ3n) is 4.13. The standard InChI is InChI=1S/C22H18BrClN2O3/c1-22(2,21(28)26-17-11-12-25-19(23)13-17)29-18-9-5-15(6-10-18)20(27)14-3-7-16(24)8-4-14/h3-13H,1-2H3,(H,25,26,28). The van der Waals surface area contributed by atoms with Crippen molar-refractivity contribution in [1.29, 1.82) is 0 Å². The number of carbonyl (C=O) groups is 2. The summed E-state index contributed by atoms with van der Waals surface area (Å²) >= 11 is 9.13. The lowest BCUT2D eigenvalue weighted by atomic mass is 10.0. The second-order valence-corrected chi connectivity index (χ2v) is 8.04. The molecule has 2 aromatic carbocycles.